The Morgan fingerprint density at radius 3 is 0.471 bits per heavy atom. The fraction of sp³-hybridized carbons (Fsp3) is 0.600. The molecule has 0 amide bonds. The standard InChI is InChI=1S/3C6H10N6.3C3H8.3CH4.3Os/c3*1-9-5-11(3-7-9)12-4-8-10(2)6-12;3*1-3-2;;;;;;/h3*3-6H,1-2H3;3*3H2,1-2H3;3*1H4;;;/q3*-2;;;;;;;3*+2. The van der Waals surface area contributed by atoms with E-state index in [4.69, 9.17) is 0 Å². The Bertz CT molecular complexity index is 782. The molecule has 0 aliphatic carbocycles. The van der Waals surface area contributed by atoms with Gasteiger partial charge in [-0.1, -0.05) is 83.1 Å². The van der Waals surface area contributed by atoms with Gasteiger partial charge in [-0.3, -0.25) is 0 Å². The molecular weight excluding hydrogens is 1180 g/mol. The summed E-state index contributed by atoms with van der Waals surface area (Å²) in [7, 11) is 11.2. The predicted octanol–water partition coefficient (Wildman–Crippen LogP) is 4.71. The third-order valence-corrected chi connectivity index (χ3v) is 4.62. The molecule has 0 unspecified atom stereocenters. The Labute approximate surface area is 351 Å². The molecule has 0 aromatic carbocycles. The zero-order valence-electron chi connectivity index (χ0n) is 30.2. The second kappa shape index (κ2) is 34.6. The summed E-state index contributed by atoms with van der Waals surface area (Å²) in [6.45, 7) is 23.8. The number of hydrogen-bond acceptors (Lipinski definition) is 18. The first-order chi connectivity index (χ1) is 21.5. The van der Waals surface area contributed by atoms with Crippen molar-refractivity contribution in [3.05, 3.63) is 40.0 Å². The van der Waals surface area contributed by atoms with E-state index in [9.17, 15) is 0 Å². The monoisotopic (exact) mass is 1250 g/mol. The van der Waals surface area contributed by atoms with E-state index in [1.165, 1.54) is 19.3 Å². The normalized spacial score (nSPS) is 16.5. The molecule has 6 aliphatic rings. The van der Waals surface area contributed by atoms with Gasteiger partial charge in [0.1, 0.15) is 0 Å². The van der Waals surface area contributed by atoms with Crippen LogP contribution in [0, 0.1) is 40.0 Å². The Morgan fingerprint density at radius 2 is 0.412 bits per heavy atom. The third-order valence-electron chi connectivity index (χ3n) is 4.62. The van der Waals surface area contributed by atoms with Crippen LogP contribution in [0.25, 0.3) is 0 Å². The van der Waals surface area contributed by atoms with Gasteiger partial charge < -0.3 is 60.1 Å². The second-order valence-electron chi connectivity index (χ2n) is 9.92. The average Bonchev–Trinajstić information content (AvgIpc) is 3.82. The van der Waals surface area contributed by atoms with E-state index in [1.807, 2.05) is 112 Å². The van der Waals surface area contributed by atoms with Crippen molar-refractivity contribution in [2.45, 2.75) is 83.1 Å². The minimum Gasteiger partial charge on any atom is -0.431 e. The number of hydrazine groups is 3. The van der Waals surface area contributed by atoms with Gasteiger partial charge in [0, 0.05) is 0 Å². The van der Waals surface area contributed by atoms with Crippen molar-refractivity contribution >= 4 is 38.0 Å². The van der Waals surface area contributed by atoms with Crippen molar-refractivity contribution in [1.29, 1.82) is 0 Å². The molecule has 0 aromatic rings. The summed E-state index contributed by atoms with van der Waals surface area (Å²) in [5.41, 5.74) is 0. The van der Waals surface area contributed by atoms with Gasteiger partial charge in [0.25, 0.3) is 0 Å². The van der Waals surface area contributed by atoms with E-state index in [0.29, 0.717) is 0 Å². The Hall–Kier alpha value is -2.47. The largest absolute Gasteiger partial charge is 2.00 e. The maximum absolute atomic E-state index is 4.02. The van der Waals surface area contributed by atoms with Crippen LogP contribution in [0.15, 0.2) is 30.6 Å². The molecule has 0 saturated heterocycles. The summed E-state index contributed by atoms with van der Waals surface area (Å²) in [5.74, 6) is 0. The molecular formula is C30H66N18Os3. The average molecular weight is 1250 g/mol. The van der Waals surface area contributed by atoms with Crippen molar-refractivity contribution in [3.63, 3.8) is 0 Å². The van der Waals surface area contributed by atoms with Gasteiger partial charge in [-0.25, -0.2) is 0 Å². The van der Waals surface area contributed by atoms with Crippen LogP contribution in [0.3, 0.4) is 0 Å². The van der Waals surface area contributed by atoms with Crippen LogP contribution >= 0.6 is 0 Å². The number of rotatable bonds is 3. The van der Waals surface area contributed by atoms with Gasteiger partial charge in [-0.15, -0.1) is 40.0 Å². The Kier molecular flexibility index (Phi) is 41.1. The molecule has 0 saturated carbocycles. The van der Waals surface area contributed by atoms with Crippen LogP contribution in [0.5, 0.6) is 0 Å². The van der Waals surface area contributed by atoms with Crippen LogP contribution in [0.4, 0.5) is 0 Å². The number of hydrazone groups is 6. The van der Waals surface area contributed by atoms with Crippen LogP contribution in [-0.4, -0.2) is 140 Å². The third kappa shape index (κ3) is 24.4. The maximum Gasteiger partial charge on any atom is 2.00 e. The van der Waals surface area contributed by atoms with Crippen molar-refractivity contribution in [2.75, 3.05) is 42.3 Å². The van der Waals surface area contributed by atoms with Crippen LogP contribution in [-0.2, 0) is 59.4 Å². The van der Waals surface area contributed by atoms with E-state index in [-0.39, 0.29) is 81.7 Å². The number of hydrogen-bond donors (Lipinski definition) is 0. The predicted molar refractivity (Wildman–Crippen MR) is 202 cm³/mol. The second-order valence-corrected chi connectivity index (χ2v) is 9.92. The molecule has 0 aromatic heterocycles. The number of nitrogens with zero attached hydrogens (tertiary/aromatic N) is 18. The van der Waals surface area contributed by atoms with E-state index < -0.39 is 0 Å². The first-order valence-corrected chi connectivity index (χ1v) is 14.9. The summed E-state index contributed by atoms with van der Waals surface area (Å²) < 4.78 is 0. The van der Waals surface area contributed by atoms with Gasteiger partial charge >= 0.3 is 59.4 Å². The van der Waals surface area contributed by atoms with Crippen LogP contribution < -0.4 is 0 Å². The molecule has 0 radical (unpaired) electrons. The molecule has 21 heteroatoms. The van der Waals surface area contributed by atoms with Gasteiger partial charge in [-0.05, 0) is 42.3 Å². The smallest absolute Gasteiger partial charge is 0.431 e. The molecule has 0 fully saturated rings. The molecule has 0 spiro atoms. The zero-order valence-corrected chi connectivity index (χ0v) is 37.8. The van der Waals surface area contributed by atoms with Crippen molar-refractivity contribution in [2.24, 2.45) is 30.6 Å². The molecule has 6 rings (SSSR count). The van der Waals surface area contributed by atoms with E-state index >= 15 is 0 Å². The topological polar surface area (TPSA) is 113 Å². The zero-order chi connectivity index (χ0) is 33.8. The fourth-order valence-corrected chi connectivity index (χ4v) is 2.91. The van der Waals surface area contributed by atoms with Gasteiger partial charge in [0.05, 0.1) is 38.0 Å². The van der Waals surface area contributed by atoms with Gasteiger partial charge in [-0.2, -0.15) is 30.6 Å². The summed E-state index contributed by atoms with van der Waals surface area (Å²) >= 11 is 0. The summed E-state index contributed by atoms with van der Waals surface area (Å²) in [6, 6.07) is 0. The SMILES string of the molecule is C.C.C.CCC.CCC.CCC.CN1[CH-]N(N2C=NN(C)[CH-]2)C=N1.CN1[CH-]N(N2C=NN(C)[CH-]2)C=N1.CN1[CH-]N(N2C=NN(C)[CH-]2)C=N1.[Os+2].[Os+2].[Os+2]. The van der Waals surface area contributed by atoms with E-state index in [2.05, 4.69) is 72.2 Å². The molecule has 18 nitrogen and oxygen atoms in total. The van der Waals surface area contributed by atoms with Gasteiger partial charge in [0.2, 0.25) is 0 Å². The Balaban J connectivity index is -0.000000127. The molecule has 6 aliphatic heterocycles. The van der Waals surface area contributed by atoms with Crippen LogP contribution in [0.1, 0.15) is 83.1 Å². The fourth-order valence-electron chi connectivity index (χ4n) is 2.91. The minimum absolute atomic E-state index is 0. The van der Waals surface area contributed by atoms with Crippen LogP contribution in [0.2, 0.25) is 0 Å². The molecule has 0 atom stereocenters. The van der Waals surface area contributed by atoms with Crippen molar-refractivity contribution in [3.8, 4) is 0 Å². The summed E-state index contributed by atoms with van der Waals surface area (Å²) in [5, 5.41) is 45.4. The van der Waals surface area contributed by atoms with Crippen molar-refractivity contribution in [1.82, 2.24) is 60.1 Å². The van der Waals surface area contributed by atoms with E-state index in [0.717, 1.165) is 0 Å². The Morgan fingerprint density at radius 1 is 0.314 bits per heavy atom. The first-order valence-electron chi connectivity index (χ1n) is 14.9. The van der Waals surface area contributed by atoms with E-state index in [1.54, 1.807) is 68.1 Å². The molecule has 6 heterocycles. The first kappa shape index (κ1) is 60.6. The van der Waals surface area contributed by atoms with Gasteiger partial charge in [0.15, 0.2) is 0 Å². The molecule has 0 bridgehead atoms. The minimum atomic E-state index is 0. The summed E-state index contributed by atoms with van der Waals surface area (Å²) in [6.07, 6.45) is 14.0. The quantitative estimate of drug-likeness (QED) is 0.365. The van der Waals surface area contributed by atoms with Crippen molar-refractivity contribution < 1.29 is 59.4 Å². The molecule has 51 heavy (non-hydrogen) atoms. The summed E-state index contributed by atoms with van der Waals surface area (Å²) in [4.78, 5) is 0. The molecule has 300 valence electrons. The molecule has 0 N–H and O–H groups in total. The maximum atomic E-state index is 4.02.